The number of nitrogens with one attached hydrogen (secondary N) is 2. The highest BCUT2D eigenvalue weighted by molar-refractivity contribution is 9.10. The molecule has 2 rings (SSSR count). The highest BCUT2D eigenvalue weighted by atomic mass is 79.9. The third kappa shape index (κ3) is 5.00. The third-order valence-corrected chi connectivity index (χ3v) is 4.37. The standard InChI is InChI=1S/C15H15BrN3O3P/c1-2-21-23(20)22-15-9-11(10-17)7-8-14(15)19-18-13-6-4-3-5-12(13)16/h3-9,18-19,23H,2H2,1H3. The van der Waals surface area contributed by atoms with E-state index in [4.69, 9.17) is 14.3 Å². The fourth-order valence-corrected chi connectivity index (χ4v) is 2.74. The second-order valence-electron chi connectivity index (χ2n) is 4.34. The number of para-hydroxylation sites is 1. The summed E-state index contributed by atoms with van der Waals surface area (Å²) in [6.07, 6.45) is 0. The first-order valence-electron chi connectivity index (χ1n) is 6.79. The van der Waals surface area contributed by atoms with Gasteiger partial charge in [-0.2, -0.15) is 5.26 Å². The smallest absolute Gasteiger partial charge is 0.367 e. The lowest BCUT2D eigenvalue weighted by molar-refractivity contribution is 0.302. The maximum absolute atomic E-state index is 11.7. The molecule has 0 aromatic heterocycles. The Morgan fingerprint density at radius 2 is 1.96 bits per heavy atom. The van der Waals surface area contributed by atoms with Crippen LogP contribution in [0.2, 0.25) is 0 Å². The van der Waals surface area contributed by atoms with Crippen molar-refractivity contribution in [2.24, 2.45) is 0 Å². The van der Waals surface area contributed by atoms with Crippen molar-refractivity contribution in [1.82, 2.24) is 0 Å². The molecule has 2 aromatic rings. The van der Waals surface area contributed by atoms with E-state index >= 15 is 0 Å². The monoisotopic (exact) mass is 395 g/mol. The van der Waals surface area contributed by atoms with Crippen LogP contribution in [-0.4, -0.2) is 6.61 Å². The average molecular weight is 396 g/mol. The quantitative estimate of drug-likeness (QED) is 0.527. The van der Waals surface area contributed by atoms with Crippen LogP contribution in [0.5, 0.6) is 5.75 Å². The predicted octanol–water partition coefficient (Wildman–Crippen LogP) is 4.56. The molecule has 2 N–H and O–H groups in total. The first kappa shape index (κ1) is 17.4. The fourth-order valence-electron chi connectivity index (χ4n) is 1.71. The largest absolute Gasteiger partial charge is 0.424 e. The molecular weight excluding hydrogens is 381 g/mol. The summed E-state index contributed by atoms with van der Waals surface area (Å²) in [5.74, 6) is 0.279. The van der Waals surface area contributed by atoms with Gasteiger partial charge in [-0.05, 0) is 47.1 Å². The summed E-state index contributed by atoms with van der Waals surface area (Å²) >= 11 is 3.43. The van der Waals surface area contributed by atoms with Crippen molar-refractivity contribution in [2.45, 2.75) is 6.92 Å². The van der Waals surface area contributed by atoms with Crippen molar-refractivity contribution in [3.05, 3.63) is 52.5 Å². The Kier molecular flexibility index (Phi) is 6.48. The highest BCUT2D eigenvalue weighted by Gasteiger charge is 2.09. The van der Waals surface area contributed by atoms with Crippen LogP contribution in [0.1, 0.15) is 12.5 Å². The molecule has 0 radical (unpaired) electrons. The van der Waals surface area contributed by atoms with Crippen LogP contribution in [0, 0.1) is 11.3 Å². The molecule has 0 fully saturated rings. The zero-order chi connectivity index (χ0) is 16.7. The third-order valence-electron chi connectivity index (χ3n) is 2.77. The van der Waals surface area contributed by atoms with E-state index in [2.05, 4.69) is 26.8 Å². The molecule has 0 aliphatic rings. The number of nitrogens with zero attached hydrogens (tertiary/aromatic N) is 1. The minimum atomic E-state index is -2.67. The number of halogens is 1. The molecule has 0 aliphatic heterocycles. The summed E-state index contributed by atoms with van der Waals surface area (Å²) in [4.78, 5) is 0. The van der Waals surface area contributed by atoms with Crippen LogP contribution in [0.3, 0.4) is 0 Å². The summed E-state index contributed by atoms with van der Waals surface area (Å²) < 4.78 is 22.8. The van der Waals surface area contributed by atoms with E-state index in [-0.39, 0.29) is 12.4 Å². The van der Waals surface area contributed by atoms with Crippen LogP contribution < -0.4 is 15.4 Å². The molecule has 0 saturated carbocycles. The van der Waals surface area contributed by atoms with Gasteiger partial charge in [-0.1, -0.05) is 12.1 Å². The SMILES string of the molecule is CCO[PH](=O)Oc1cc(C#N)ccc1NNc1ccccc1Br. The van der Waals surface area contributed by atoms with Crippen molar-refractivity contribution in [3.63, 3.8) is 0 Å². The van der Waals surface area contributed by atoms with Gasteiger partial charge in [-0.25, -0.2) is 4.57 Å². The van der Waals surface area contributed by atoms with Gasteiger partial charge in [0, 0.05) is 10.5 Å². The first-order valence-corrected chi connectivity index (χ1v) is 8.81. The number of hydrogen-bond donors (Lipinski definition) is 2. The van der Waals surface area contributed by atoms with E-state index < -0.39 is 8.25 Å². The topological polar surface area (TPSA) is 83.4 Å². The lowest BCUT2D eigenvalue weighted by Gasteiger charge is -2.15. The van der Waals surface area contributed by atoms with Crippen LogP contribution in [0.15, 0.2) is 46.9 Å². The summed E-state index contributed by atoms with van der Waals surface area (Å²) in [5, 5.41) is 8.99. The zero-order valence-corrected chi connectivity index (χ0v) is 14.9. The number of benzene rings is 2. The molecule has 0 amide bonds. The Morgan fingerprint density at radius 1 is 1.22 bits per heavy atom. The van der Waals surface area contributed by atoms with E-state index in [0.717, 1.165) is 10.2 Å². The zero-order valence-electron chi connectivity index (χ0n) is 12.3. The van der Waals surface area contributed by atoms with Gasteiger partial charge in [0.05, 0.1) is 29.6 Å². The van der Waals surface area contributed by atoms with Crippen molar-refractivity contribution >= 4 is 35.6 Å². The normalized spacial score (nSPS) is 11.3. The molecule has 0 aliphatic carbocycles. The average Bonchev–Trinajstić information content (AvgIpc) is 2.55. The molecule has 1 atom stereocenters. The molecule has 1 unspecified atom stereocenters. The minimum Gasteiger partial charge on any atom is -0.424 e. The highest BCUT2D eigenvalue weighted by Crippen LogP contribution is 2.35. The van der Waals surface area contributed by atoms with E-state index in [0.29, 0.717) is 11.3 Å². The van der Waals surface area contributed by atoms with Crippen LogP contribution in [0.25, 0.3) is 0 Å². The Labute approximate surface area is 143 Å². The lowest BCUT2D eigenvalue weighted by Crippen LogP contribution is -2.10. The predicted molar refractivity (Wildman–Crippen MR) is 93.8 cm³/mol. The van der Waals surface area contributed by atoms with E-state index in [1.165, 1.54) is 6.07 Å². The minimum absolute atomic E-state index is 0.279. The van der Waals surface area contributed by atoms with Crippen LogP contribution in [-0.2, 0) is 9.09 Å². The van der Waals surface area contributed by atoms with Crippen molar-refractivity contribution in [2.75, 3.05) is 17.5 Å². The van der Waals surface area contributed by atoms with Gasteiger partial charge in [0.2, 0.25) is 0 Å². The van der Waals surface area contributed by atoms with Crippen LogP contribution >= 0.6 is 24.2 Å². The van der Waals surface area contributed by atoms with Crippen LogP contribution in [0.4, 0.5) is 11.4 Å². The van der Waals surface area contributed by atoms with Gasteiger partial charge in [-0.3, -0.25) is 10.9 Å². The number of rotatable bonds is 7. The Morgan fingerprint density at radius 3 is 2.65 bits per heavy atom. The number of nitriles is 1. The summed E-state index contributed by atoms with van der Waals surface area (Å²) in [7, 11) is -2.67. The van der Waals surface area contributed by atoms with E-state index in [9.17, 15) is 4.57 Å². The molecule has 0 spiro atoms. The summed E-state index contributed by atoms with van der Waals surface area (Å²) in [5.41, 5.74) is 7.76. The Balaban J connectivity index is 2.18. The molecule has 0 bridgehead atoms. The number of anilines is 2. The Bertz CT molecular complexity index is 749. The molecule has 23 heavy (non-hydrogen) atoms. The van der Waals surface area contributed by atoms with Gasteiger partial charge in [0.25, 0.3) is 0 Å². The first-order chi connectivity index (χ1) is 11.1. The summed E-state index contributed by atoms with van der Waals surface area (Å²) in [6.45, 7) is 2.01. The maximum Gasteiger partial charge on any atom is 0.367 e. The lowest BCUT2D eigenvalue weighted by atomic mass is 10.2. The van der Waals surface area contributed by atoms with Crippen molar-refractivity contribution in [1.29, 1.82) is 5.26 Å². The van der Waals surface area contributed by atoms with E-state index in [1.54, 1.807) is 19.1 Å². The molecule has 0 heterocycles. The van der Waals surface area contributed by atoms with Gasteiger partial charge in [0.15, 0.2) is 5.75 Å². The van der Waals surface area contributed by atoms with E-state index in [1.807, 2.05) is 30.3 Å². The summed E-state index contributed by atoms with van der Waals surface area (Å²) in [6, 6.07) is 14.4. The molecule has 120 valence electrons. The number of hydrogen-bond acceptors (Lipinski definition) is 6. The van der Waals surface area contributed by atoms with Crippen molar-refractivity contribution < 1.29 is 13.6 Å². The molecule has 0 saturated heterocycles. The van der Waals surface area contributed by atoms with Crippen molar-refractivity contribution in [3.8, 4) is 11.8 Å². The van der Waals surface area contributed by atoms with Gasteiger partial charge in [0.1, 0.15) is 0 Å². The second kappa shape index (κ2) is 8.59. The van der Waals surface area contributed by atoms with Gasteiger partial charge >= 0.3 is 8.25 Å². The molecule has 6 nitrogen and oxygen atoms in total. The van der Waals surface area contributed by atoms with Gasteiger partial charge in [-0.15, -0.1) is 0 Å². The molecule has 2 aromatic carbocycles. The Hall–Kier alpha value is -2.00. The second-order valence-corrected chi connectivity index (χ2v) is 6.18. The molecular formula is C15H15BrN3O3P. The fraction of sp³-hybridized carbons (Fsp3) is 0.133. The van der Waals surface area contributed by atoms with Gasteiger partial charge < -0.3 is 9.05 Å². The maximum atomic E-state index is 11.7. The molecule has 8 heteroatoms. The number of hydrazine groups is 1.